The maximum atomic E-state index is 12.6. The van der Waals surface area contributed by atoms with Gasteiger partial charge < -0.3 is 20.1 Å². The molecule has 6 nitrogen and oxygen atoms in total. The van der Waals surface area contributed by atoms with Crippen molar-refractivity contribution in [2.45, 2.75) is 33.4 Å². The van der Waals surface area contributed by atoms with Gasteiger partial charge in [0.05, 0.1) is 6.61 Å². The van der Waals surface area contributed by atoms with Gasteiger partial charge in [0.15, 0.2) is 0 Å². The minimum Gasteiger partial charge on any atom is -0.494 e. The molecule has 0 fully saturated rings. The number of amides is 2. The van der Waals surface area contributed by atoms with Crippen LogP contribution in [-0.4, -0.2) is 31.1 Å². The number of hydrogen-bond acceptors (Lipinski definition) is 4. The van der Waals surface area contributed by atoms with Gasteiger partial charge in [0.1, 0.15) is 17.5 Å². The first-order valence-corrected chi connectivity index (χ1v) is 9.19. The van der Waals surface area contributed by atoms with Crippen molar-refractivity contribution in [2.24, 2.45) is 5.92 Å². The van der Waals surface area contributed by atoms with Crippen LogP contribution in [0.2, 0.25) is 0 Å². The average Bonchev–Trinajstić information content (AvgIpc) is 2.67. The Morgan fingerprint density at radius 2 is 1.55 bits per heavy atom. The number of alkyl halides is 2. The molecule has 29 heavy (non-hydrogen) atoms. The summed E-state index contributed by atoms with van der Waals surface area (Å²) in [6.45, 7) is 3.09. The lowest BCUT2D eigenvalue weighted by Gasteiger charge is -2.22. The van der Waals surface area contributed by atoms with Crippen LogP contribution in [0.3, 0.4) is 0 Å². The van der Waals surface area contributed by atoms with E-state index in [1.54, 1.807) is 24.3 Å². The largest absolute Gasteiger partial charge is 0.494 e. The van der Waals surface area contributed by atoms with Gasteiger partial charge in [0.25, 0.3) is 5.91 Å². The van der Waals surface area contributed by atoms with E-state index in [1.165, 1.54) is 24.3 Å². The lowest BCUT2D eigenvalue weighted by Crippen LogP contribution is -2.47. The van der Waals surface area contributed by atoms with Crippen LogP contribution in [-0.2, 0) is 4.79 Å². The molecule has 0 bridgehead atoms. The van der Waals surface area contributed by atoms with Gasteiger partial charge in [0, 0.05) is 11.3 Å². The van der Waals surface area contributed by atoms with Crippen molar-refractivity contribution in [1.29, 1.82) is 0 Å². The molecule has 0 saturated carbocycles. The average molecular weight is 406 g/mol. The second-order valence-electron chi connectivity index (χ2n) is 6.54. The van der Waals surface area contributed by atoms with Crippen LogP contribution in [0.1, 0.15) is 31.1 Å². The molecule has 156 valence electrons. The lowest BCUT2D eigenvalue weighted by atomic mass is 10.0. The molecule has 0 aromatic heterocycles. The molecule has 0 aliphatic rings. The molecule has 2 aromatic carbocycles. The van der Waals surface area contributed by atoms with Crippen LogP contribution in [0.15, 0.2) is 48.5 Å². The number of carbonyl (C=O) groups excluding carboxylic acids is 2. The molecule has 2 aromatic rings. The smallest absolute Gasteiger partial charge is 0.387 e. The van der Waals surface area contributed by atoms with Crippen molar-refractivity contribution < 1.29 is 27.8 Å². The molecule has 8 heteroatoms. The molecule has 2 rings (SSSR count). The third-order valence-electron chi connectivity index (χ3n) is 4.01. The Hall–Kier alpha value is -3.16. The van der Waals surface area contributed by atoms with E-state index < -0.39 is 18.6 Å². The van der Waals surface area contributed by atoms with E-state index in [-0.39, 0.29) is 17.6 Å². The molecular weight excluding hydrogens is 382 g/mol. The summed E-state index contributed by atoms with van der Waals surface area (Å²) in [6.07, 6.45) is 0. The summed E-state index contributed by atoms with van der Waals surface area (Å²) in [5.74, 6) is -0.337. The Kier molecular flexibility index (Phi) is 7.94. The van der Waals surface area contributed by atoms with Crippen LogP contribution in [0.4, 0.5) is 14.5 Å². The summed E-state index contributed by atoms with van der Waals surface area (Å²) in [6, 6.07) is 11.4. The van der Waals surface area contributed by atoms with Crippen LogP contribution in [0.25, 0.3) is 0 Å². The second-order valence-corrected chi connectivity index (χ2v) is 6.54. The van der Waals surface area contributed by atoms with Gasteiger partial charge in [-0.1, -0.05) is 13.8 Å². The monoisotopic (exact) mass is 406 g/mol. The summed E-state index contributed by atoms with van der Waals surface area (Å²) in [5.41, 5.74) is 0.804. The Bertz CT molecular complexity index is 808. The summed E-state index contributed by atoms with van der Waals surface area (Å²) in [7, 11) is 0. The predicted molar refractivity (Wildman–Crippen MR) is 105 cm³/mol. The van der Waals surface area contributed by atoms with Crippen LogP contribution in [0.5, 0.6) is 11.5 Å². The van der Waals surface area contributed by atoms with Gasteiger partial charge in [-0.25, -0.2) is 0 Å². The van der Waals surface area contributed by atoms with Crippen molar-refractivity contribution >= 4 is 17.5 Å². The van der Waals surface area contributed by atoms with E-state index >= 15 is 0 Å². The van der Waals surface area contributed by atoms with Crippen molar-refractivity contribution in [3.63, 3.8) is 0 Å². The molecule has 0 radical (unpaired) electrons. The fourth-order valence-electron chi connectivity index (χ4n) is 2.57. The number of halogens is 2. The molecule has 0 aliphatic heterocycles. The first kappa shape index (κ1) is 22.1. The first-order chi connectivity index (χ1) is 13.8. The number of ether oxygens (including phenoxy) is 2. The zero-order chi connectivity index (χ0) is 21.4. The standard InChI is InChI=1S/C21H24F2N2O4/c1-4-28-16-9-5-14(6-10-16)19(26)25-18(13(2)3)20(27)24-15-7-11-17(12-8-15)29-21(22)23/h5-13,18,21H,4H2,1-3H3,(H,24,27)(H,25,26)/t18-/m0/s1. The molecule has 2 amide bonds. The molecular formula is C21H24F2N2O4. The topological polar surface area (TPSA) is 76.7 Å². The van der Waals surface area contributed by atoms with E-state index in [0.29, 0.717) is 23.6 Å². The van der Waals surface area contributed by atoms with Crippen LogP contribution >= 0.6 is 0 Å². The van der Waals surface area contributed by atoms with Crippen molar-refractivity contribution in [3.05, 3.63) is 54.1 Å². The molecule has 2 N–H and O–H groups in total. The number of nitrogens with one attached hydrogen (secondary N) is 2. The zero-order valence-electron chi connectivity index (χ0n) is 16.4. The summed E-state index contributed by atoms with van der Waals surface area (Å²) < 4.78 is 34.0. The third kappa shape index (κ3) is 6.74. The first-order valence-electron chi connectivity index (χ1n) is 9.19. The number of carbonyl (C=O) groups is 2. The highest BCUT2D eigenvalue weighted by molar-refractivity contribution is 6.01. The van der Waals surface area contributed by atoms with E-state index in [1.807, 2.05) is 20.8 Å². The maximum absolute atomic E-state index is 12.6. The van der Waals surface area contributed by atoms with Crippen LogP contribution < -0.4 is 20.1 Å². The van der Waals surface area contributed by atoms with Crippen molar-refractivity contribution in [1.82, 2.24) is 5.32 Å². The Balaban J connectivity index is 2.02. The van der Waals surface area contributed by atoms with E-state index in [4.69, 9.17) is 4.74 Å². The van der Waals surface area contributed by atoms with Gasteiger partial charge in [-0.05, 0) is 61.4 Å². The normalized spacial score (nSPS) is 11.8. The Morgan fingerprint density at radius 1 is 0.966 bits per heavy atom. The van der Waals surface area contributed by atoms with Crippen molar-refractivity contribution in [2.75, 3.05) is 11.9 Å². The van der Waals surface area contributed by atoms with E-state index in [9.17, 15) is 18.4 Å². The highest BCUT2D eigenvalue weighted by Gasteiger charge is 2.25. The van der Waals surface area contributed by atoms with Gasteiger partial charge >= 0.3 is 6.61 Å². The maximum Gasteiger partial charge on any atom is 0.387 e. The molecule has 0 saturated heterocycles. The van der Waals surface area contributed by atoms with Gasteiger partial charge in [0.2, 0.25) is 5.91 Å². The summed E-state index contributed by atoms with van der Waals surface area (Å²) >= 11 is 0. The second kappa shape index (κ2) is 10.4. The number of rotatable bonds is 9. The molecule has 0 spiro atoms. The van der Waals surface area contributed by atoms with E-state index in [0.717, 1.165) is 0 Å². The minimum absolute atomic E-state index is 0.0118. The van der Waals surface area contributed by atoms with Crippen LogP contribution in [0, 0.1) is 5.92 Å². The highest BCUT2D eigenvalue weighted by Crippen LogP contribution is 2.19. The number of anilines is 1. The number of benzene rings is 2. The van der Waals surface area contributed by atoms with Crippen molar-refractivity contribution in [3.8, 4) is 11.5 Å². The van der Waals surface area contributed by atoms with E-state index in [2.05, 4.69) is 15.4 Å². The quantitative estimate of drug-likeness (QED) is 0.658. The zero-order valence-corrected chi connectivity index (χ0v) is 16.4. The molecule has 0 aliphatic carbocycles. The number of hydrogen-bond donors (Lipinski definition) is 2. The molecule has 0 unspecified atom stereocenters. The lowest BCUT2D eigenvalue weighted by molar-refractivity contribution is -0.118. The Morgan fingerprint density at radius 3 is 2.07 bits per heavy atom. The predicted octanol–water partition coefficient (Wildman–Crippen LogP) is 4.08. The minimum atomic E-state index is -2.92. The highest BCUT2D eigenvalue weighted by atomic mass is 19.3. The molecule has 0 heterocycles. The molecule has 1 atom stereocenters. The van der Waals surface area contributed by atoms with Gasteiger partial charge in [-0.15, -0.1) is 0 Å². The van der Waals surface area contributed by atoms with Gasteiger partial charge in [-0.2, -0.15) is 8.78 Å². The summed E-state index contributed by atoms with van der Waals surface area (Å²) in [4.78, 5) is 25.1. The van der Waals surface area contributed by atoms with Gasteiger partial charge in [-0.3, -0.25) is 9.59 Å². The third-order valence-corrected chi connectivity index (χ3v) is 4.01. The fourth-order valence-corrected chi connectivity index (χ4v) is 2.57. The summed E-state index contributed by atoms with van der Waals surface area (Å²) in [5, 5.41) is 5.40. The Labute approximate surface area is 168 Å². The fraction of sp³-hybridized carbons (Fsp3) is 0.333. The SMILES string of the molecule is CCOc1ccc(C(=O)N[C@H](C(=O)Nc2ccc(OC(F)F)cc2)C(C)C)cc1.